The molecule has 0 fully saturated rings. The van der Waals surface area contributed by atoms with Crippen molar-refractivity contribution >= 4 is 21.9 Å². The van der Waals surface area contributed by atoms with Crippen molar-refractivity contribution in [2.24, 2.45) is 0 Å². The molecule has 0 amide bonds. The van der Waals surface area contributed by atoms with Gasteiger partial charge in [0.15, 0.2) is 5.43 Å². The second kappa shape index (κ2) is 3.87. The van der Waals surface area contributed by atoms with Crippen molar-refractivity contribution in [1.82, 2.24) is 4.98 Å². The highest BCUT2D eigenvalue weighted by atomic mass is 79.9. The van der Waals surface area contributed by atoms with Gasteiger partial charge in [-0.15, -0.1) is 0 Å². The largest absolute Gasteiger partial charge is 0.477 e. The van der Waals surface area contributed by atoms with E-state index in [1.165, 1.54) is 0 Å². The Kier molecular flexibility index (Phi) is 3.00. The zero-order valence-electron chi connectivity index (χ0n) is 6.55. The minimum absolute atomic E-state index is 0.257. The number of rotatable bonds is 2. The molecule has 0 saturated heterocycles. The summed E-state index contributed by atoms with van der Waals surface area (Å²) in [6.07, 6.45) is -2.85. The number of hydrogen-bond donors (Lipinski definition) is 2. The number of aromatic nitrogens is 1. The van der Waals surface area contributed by atoms with E-state index in [0.29, 0.717) is 6.07 Å². The average Bonchev–Trinajstić information content (AvgIpc) is 2.01. The van der Waals surface area contributed by atoms with Crippen LogP contribution in [0.3, 0.4) is 0 Å². The Hall–Kier alpha value is -1.24. The highest BCUT2D eigenvalue weighted by Crippen LogP contribution is 2.18. The Morgan fingerprint density at radius 3 is 2.50 bits per heavy atom. The van der Waals surface area contributed by atoms with Gasteiger partial charge in [0.2, 0.25) is 0 Å². The van der Waals surface area contributed by atoms with Gasteiger partial charge in [-0.2, -0.15) is 0 Å². The van der Waals surface area contributed by atoms with Crippen molar-refractivity contribution in [3.8, 4) is 0 Å². The van der Waals surface area contributed by atoms with Gasteiger partial charge in [-0.05, 0) is 15.9 Å². The van der Waals surface area contributed by atoms with Gasteiger partial charge in [0.1, 0.15) is 10.2 Å². The van der Waals surface area contributed by atoms with Crippen LogP contribution in [-0.2, 0) is 0 Å². The molecule has 0 aromatic carbocycles. The molecular formula is C7H4BrF2NO3. The summed E-state index contributed by atoms with van der Waals surface area (Å²) >= 11 is 2.70. The lowest BCUT2D eigenvalue weighted by atomic mass is 10.2. The minimum Gasteiger partial charge on any atom is -0.477 e. The predicted molar refractivity (Wildman–Crippen MR) is 46.7 cm³/mol. The number of halogens is 3. The third-order valence-corrected chi connectivity index (χ3v) is 2.05. The Labute approximate surface area is 84.7 Å². The van der Waals surface area contributed by atoms with E-state index >= 15 is 0 Å². The smallest absolute Gasteiger partial charge is 0.342 e. The summed E-state index contributed by atoms with van der Waals surface area (Å²) in [6, 6.07) is 0.568. The van der Waals surface area contributed by atoms with Crippen LogP contribution in [0.1, 0.15) is 22.5 Å². The molecule has 0 radical (unpaired) electrons. The van der Waals surface area contributed by atoms with Crippen LogP contribution in [0.5, 0.6) is 0 Å². The summed E-state index contributed by atoms with van der Waals surface area (Å²) in [5, 5.41) is 8.54. The number of H-pyrrole nitrogens is 1. The number of aromatic amines is 1. The number of carboxylic acid groups (broad SMARTS) is 1. The van der Waals surface area contributed by atoms with E-state index < -0.39 is 29.1 Å². The average molecular weight is 268 g/mol. The number of hydrogen-bond acceptors (Lipinski definition) is 2. The lowest BCUT2D eigenvalue weighted by Gasteiger charge is -2.02. The summed E-state index contributed by atoms with van der Waals surface area (Å²) in [5.74, 6) is -1.47. The molecule has 2 N–H and O–H groups in total. The molecule has 1 rings (SSSR count). The van der Waals surface area contributed by atoms with Crippen LogP contribution in [0, 0.1) is 0 Å². The highest BCUT2D eigenvalue weighted by molar-refractivity contribution is 9.10. The second-order valence-corrected chi connectivity index (χ2v) is 3.18. The van der Waals surface area contributed by atoms with Gasteiger partial charge in [-0.3, -0.25) is 4.79 Å². The lowest BCUT2D eigenvalue weighted by molar-refractivity contribution is 0.0693. The van der Waals surface area contributed by atoms with Gasteiger partial charge >= 0.3 is 5.97 Å². The molecule has 1 aromatic rings. The summed E-state index contributed by atoms with van der Waals surface area (Å²) < 4.78 is 24.0. The van der Waals surface area contributed by atoms with E-state index in [-0.39, 0.29) is 4.60 Å². The molecule has 7 heteroatoms. The first-order valence-corrected chi connectivity index (χ1v) is 4.17. The SMILES string of the molecule is O=C(O)c1c(Br)[nH]c(C(F)F)cc1=O. The fourth-order valence-electron chi connectivity index (χ4n) is 0.864. The van der Waals surface area contributed by atoms with Crippen LogP contribution in [0.25, 0.3) is 0 Å². The summed E-state index contributed by atoms with van der Waals surface area (Å²) in [5.41, 5.74) is -2.17. The maximum absolute atomic E-state index is 12.1. The minimum atomic E-state index is -2.85. The number of pyridine rings is 1. The van der Waals surface area contributed by atoms with Crippen LogP contribution in [0.2, 0.25) is 0 Å². The topological polar surface area (TPSA) is 70.2 Å². The van der Waals surface area contributed by atoms with Crippen molar-refractivity contribution < 1.29 is 18.7 Å². The van der Waals surface area contributed by atoms with E-state index in [1.807, 2.05) is 0 Å². The fourth-order valence-corrected chi connectivity index (χ4v) is 1.46. The molecule has 1 aromatic heterocycles. The third kappa shape index (κ3) is 1.98. The van der Waals surface area contributed by atoms with Crippen molar-refractivity contribution in [2.45, 2.75) is 6.43 Å². The van der Waals surface area contributed by atoms with E-state index in [4.69, 9.17) is 5.11 Å². The number of carbonyl (C=O) groups is 1. The molecule has 0 bridgehead atoms. The molecule has 0 unspecified atom stereocenters. The van der Waals surface area contributed by atoms with Crippen molar-refractivity contribution in [2.75, 3.05) is 0 Å². The van der Waals surface area contributed by atoms with Crippen LogP contribution in [0.4, 0.5) is 8.78 Å². The number of nitrogens with one attached hydrogen (secondary N) is 1. The highest BCUT2D eigenvalue weighted by Gasteiger charge is 2.17. The summed E-state index contributed by atoms with van der Waals surface area (Å²) in [4.78, 5) is 23.6. The van der Waals surface area contributed by atoms with Gasteiger partial charge in [-0.1, -0.05) is 0 Å². The normalized spacial score (nSPS) is 10.6. The number of alkyl halides is 2. The van der Waals surface area contributed by atoms with E-state index in [1.54, 1.807) is 0 Å². The Bertz CT molecular complexity index is 429. The third-order valence-electron chi connectivity index (χ3n) is 1.46. The van der Waals surface area contributed by atoms with Crippen molar-refractivity contribution in [3.05, 3.63) is 32.2 Å². The molecule has 0 atom stereocenters. The molecular weight excluding hydrogens is 264 g/mol. The second-order valence-electron chi connectivity index (χ2n) is 2.38. The standard InChI is InChI=1S/C7H4BrF2NO3/c8-5-4(7(13)14)3(12)1-2(11-5)6(9)10/h1,6H,(H,11,12)(H,13,14). The monoisotopic (exact) mass is 267 g/mol. The van der Waals surface area contributed by atoms with Crippen LogP contribution in [-0.4, -0.2) is 16.1 Å². The number of carboxylic acids is 1. The zero-order chi connectivity index (χ0) is 10.9. The first kappa shape index (κ1) is 10.8. The quantitative estimate of drug-likeness (QED) is 0.803. The molecule has 1 heterocycles. The molecule has 0 aliphatic heterocycles. The first-order chi connectivity index (χ1) is 6.43. The maximum Gasteiger partial charge on any atom is 0.342 e. The van der Waals surface area contributed by atoms with Gasteiger partial charge in [0.25, 0.3) is 6.43 Å². The molecule has 4 nitrogen and oxygen atoms in total. The van der Waals surface area contributed by atoms with Gasteiger partial charge in [0.05, 0.1) is 5.69 Å². The molecule has 0 spiro atoms. The van der Waals surface area contributed by atoms with Gasteiger partial charge < -0.3 is 10.1 Å². The van der Waals surface area contributed by atoms with Crippen LogP contribution < -0.4 is 5.43 Å². The molecule has 0 saturated carbocycles. The van der Waals surface area contributed by atoms with Crippen molar-refractivity contribution in [3.63, 3.8) is 0 Å². The summed E-state index contributed by atoms with van der Waals surface area (Å²) in [7, 11) is 0. The Balaban J connectivity index is 3.40. The molecule has 0 aliphatic rings. The van der Waals surface area contributed by atoms with Gasteiger partial charge in [0, 0.05) is 6.07 Å². The van der Waals surface area contributed by atoms with Crippen LogP contribution >= 0.6 is 15.9 Å². The Morgan fingerprint density at radius 1 is 1.57 bits per heavy atom. The van der Waals surface area contributed by atoms with Crippen LogP contribution in [0.15, 0.2) is 15.5 Å². The van der Waals surface area contributed by atoms with Gasteiger partial charge in [-0.25, -0.2) is 13.6 Å². The molecule has 0 aliphatic carbocycles. The zero-order valence-corrected chi connectivity index (χ0v) is 8.14. The van der Waals surface area contributed by atoms with Crippen molar-refractivity contribution in [1.29, 1.82) is 0 Å². The maximum atomic E-state index is 12.1. The van der Waals surface area contributed by atoms with E-state index in [0.717, 1.165) is 0 Å². The van der Waals surface area contributed by atoms with E-state index in [9.17, 15) is 18.4 Å². The first-order valence-electron chi connectivity index (χ1n) is 3.37. The molecule has 14 heavy (non-hydrogen) atoms. The number of aromatic carboxylic acids is 1. The summed E-state index contributed by atoms with van der Waals surface area (Å²) in [6.45, 7) is 0. The Morgan fingerprint density at radius 2 is 2.14 bits per heavy atom. The predicted octanol–water partition coefficient (Wildman–Crippen LogP) is 1.77. The lowest BCUT2D eigenvalue weighted by Crippen LogP contribution is -2.17. The fraction of sp³-hybridized carbons (Fsp3) is 0.143. The molecule has 76 valence electrons. The van der Waals surface area contributed by atoms with E-state index in [2.05, 4.69) is 20.9 Å².